The van der Waals surface area contributed by atoms with Gasteiger partial charge in [-0.15, -0.1) is 0 Å². The van der Waals surface area contributed by atoms with E-state index < -0.39 is 5.60 Å². The van der Waals surface area contributed by atoms with Crippen LogP contribution in [0.15, 0.2) is 11.8 Å². The Morgan fingerprint density at radius 2 is 2.14 bits per heavy atom. The number of allylic oxidation sites excluding steroid dienone is 1. The van der Waals surface area contributed by atoms with Crippen LogP contribution in [0, 0.1) is 0 Å². The molecule has 1 saturated heterocycles. The average Bonchev–Trinajstić information content (AvgIpc) is 2.02. The standard InChI is InChI=1S/C11H19NO2/c1-11(2,3)14-10(13)8-9-6-4-5-7-12-9/h8,12H,4-7H2,1-3H3/b9-8-. The number of carbonyl (C=O) groups excluding carboxylic acids is 1. The normalized spacial score (nSPS) is 20.4. The van der Waals surface area contributed by atoms with Crippen molar-refractivity contribution in [1.82, 2.24) is 5.32 Å². The van der Waals surface area contributed by atoms with Crippen LogP contribution in [0.5, 0.6) is 0 Å². The highest BCUT2D eigenvalue weighted by molar-refractivity contribution is 5.83. The third-order valence-corrected chi connectivity index (χ3v) is 1.92. The summed E-state index contributed by atoms with van der Waals surface area (Å²) in [6, 6.07) is 0. The lowest BCUT2D eigenvalue weighted by atomic mass is 10.1. The predicted molar refractivity (Wildman–Crippen MR) is 55.8 cm³/mol. The lowest BCUT2D eigenvalue weighted by Crippen LogP contribution is -2.25. The molecular formula is C11H19NO2. The van der Waals surface area contributed by atoms with E-state index in [0.29, 0.717) is 0 Å². The number of nitrogens with one attached hydrogen (secondary N) is 1. The minimum atomic E-state index is -0.400. The first-order chi connectivity index (χ1) is 6.47. The molecule has 1 aliphatic rings. The maximum absolute atomic E-state index is 11.4. The Balaban J connectivity index is 2.45. The number of esters is 1. The third kappa shape index (κ3) is 4.30. The summed E-state index contributed by atoms with van der Waals surface area (Å²) in [7, 11) is 0. The van der Waals surface area contributed by atoms with Gasteiger partial charge >= 0.3 is 5.97 Å². The van der Waals surface area contributed by atoms with Crippen molar-refractivity contribution in [2.45, 2.75) is 45.6 Å². The summed E-state index contributed by atoms with van der Waals surface area (Å²) in [5, 5.41) is 3.20. The SMILES string of the molecule is CC(C)(C)OC(=O)/C=C1/CCCCN1. The molecule has 0 saturated carbocycles. The first-order valence-electron chi connectivity index (χ1n) is 5.15. The molecule has 80 valence electrons. The molecule has 0 unspecified atom stereocenters. The van der Waals surface area contributed by atoms with Gasteiger partial charge in [0.25, 0.3) is 0 Å². The zero-order valence-corrected chi connectivity index (χ0v) is 9.22. The molecule has 1 N–H and O–H groups in total. The van der Waals surface area contributed by atoms with Crippen molar-refractivity contribution in [1.29, 1.82) is 0 Å². The first-order valence-corrected chi connectivity index (χ1v) is 5.15. The van der Waals surface area contributed by atoms with Crippen LogP contribution in [0.2, 0.25) is 0 Å². The van der Waals surface area contributed by atoms with Gasteiger partial charge < -0.3 is 10.1 Å². The fraction of sp³-hybridized carbons (Fsp3) is 0.727. The Hall–Kier alpha value is -0.990. The van der Waals surface area contributed by atoms with Crippen LogP contribution in [-0.2, 0) is 9.53 Å². The molecule has 1 aliphatic heterocycles. The van der Waals surface area contributed by atoms with Gasteiger partial charge in [-0.2, -0.15) is 0 Å². The van der Waals surface area contributed by atoms with Crippen LogP contribution in [-0.4, -0.2) is 18.1 Å². The quantitative estimate of drug-likeness (QED) is 0.516. The summed E-state index contributed by atoms with van der Waals surface area (Å²) in [6.45, 7) is 6.59. The van der Waals surface area contributed by atoms with Crippen LogP contribution in [0.1, 0.15) is 40.0 Å². The second kappa shape index (κ2) is 4.49. The van der Waals surface area contributed by atoms with Gasteiger partial charge in [-0.1, -0.05) is 0 Å². The van der Waals surface area contributed by atoms with Crippen molar-refractivity contribution in [2.24, 2.45) is 0 Å². The van der Waals surface area contributed by atoms with Crippen molar-refractivity contribution < 1.29 is 9.53 Å². The lowest BCUT2D eigenvalue weighted by molar-refractivity contribution is -0.148. The maximum Gasteiger partial charge on any atom is 0.333 e. The summed E-state index contributed by atoms with van der Waals surface area (Å²) >= 11 is 0. The Morgan fingerprint density at radius 3 is 2.64 bits per heavy atom. The number of ether oxygens (including phenoxy) is 1. The van der Waals surface area contributed by atoms with Crippen LogP contribution in [0.3, 0.4) is 0 Å². The Kier molecular flexibility index (Phi) is 3.55. The second-order valence-electron chi connectivity index (χ2n) is 4.59. The van der Waals surface area contributed by atoms with E-state index in [0.717, 1.165) is 25.1 Å². The predicted octanol–water partition coefficient (Wildman–Crippen LogP) is 1.99. The summed E-state index contributed by atoms with van der Waals surface area (Å²) in [5.41, 5.74) is 0.605. The summed E-state index contributed by atoms with van der Waals surface area (Å²) in [4.78, 5) is 11.4. The minimum absolute atomic E-state index is 0.248. The van der Waals surface area contributed by atoms with Crippen molar-refractivity contribution in [3.63, 3.8) is 0 Å². The molecule has 3 heteroatoms. The molecule has 0 aromatic rings. The van der Waals surface area contributed by atoms with Gasteiger partial charge in [0.15, 0.2) is 0 Å². The van der Waals surface area contributed by atoms with Gasteiger partial charge in [-0.05, 0) is 40.0 Å². The summed E-state index contributed by atoms with van der Waals surface area (Å²) < 4.78 is 5.19. The zero-order chi connectivity index (χ0) is 10.6. The lowest BCUT2D eigenvalue weighted by Gasteiger charge is -2.20. The van der Waals surface area contributed by atoms with E-state index >= 15 is 0 Å². The summed E-state index contributed by atoms with van der Waals surface area (Å²) in [5.74, 6) is -0.248. The van der Waals surface area contributed by atoms with Crippen molar-refractivity contribution >= 4 is 5.97 Å². The molecule has 0 amide bonds. The van der Waals surface area contributed by atoms with Gasteiger partial charge in [0.2, 0.25) is 0 Å². The van der Waals surface area contributed by atoms with Gasteiger partial charge in [0.05, 0.1) is 0 Å². The van der Waals surface area contributed by atoms with E-state index in [2.05, 4.69) is 5.32 Å². The fourth-order valence-corrected chi connectivity index (χ4v) is 1.37. The highest BCUT2D eigenvalue weighted by Gasteiger charge is 2.15. The van der Waals surface area contributed by atoms with E-state index in [1.165, 1.54) is 6.42 Å². The van der Waals surface area contributed by atoms with E-state index in [-0.39, 0.29) is 5.97 Å². The number of hydrogen-bond acceptors (Lipinski definition) is 3. The van der Waals surface area contributed by atoms with Crippen molar-refractivity contribution in [3.05, 3.63) is 11.8 Å². The van der Waals surface area contributed by atoms with E-state index in [1.807, 2.05) is 20.8 Å². The molecule has 0 bridgehead atoms. The van der Waals surface area contributed by atoms with E-state index in [9.17, 15) is 4.79 Å². The molecular weight excluding hydrogens is 178 g/mol. The number of carbonyl (C=O) groups is 1. The van der Waals surface area contributed by atoms with Gasteiger partial charge in [0, 0.05) is 18.3 Å². The zero-order valence-electron chi connectivity index (χ0n) is 9.22. The third-order valence-electron chi connectivity index (χ3n) is 1.92. The molecule has 0 aromatic heterocycles. The van der Waals surface area contributed by atoms with Crippen molar-refractivity contribution in [3.8, 4) is 0 Å². The molecule has 0 aliphatic carbocycles. The average molecular weight is 197 g/mol. The number of rotatable bonds is 1. The largest absolute Gasteiger partial charge is 0.457 e. The molecule has 0 aromatic carbocycles. The number of piperidine rings is 1. The molecule has 1 rings (SSSR count). The molecule has 0 atom stereocenters. The van der Waals surface area contributed by atoms with Gasteiger partial charge in [-0.3, -0.25) is 0 Å². The van der Waals surface area contributed by atoms with E-state index in [1.54, 1.807) is 6.08 Å². The molecule has 3 nitrogen and oxygen atoms in total. The highest BCUT2D eigenvalue weighted by Crippen LogP contribution is 2.12. The molecule has 0 radical (unpaired) electrons. The first kappa shape index (κ1) is 11.1. The molecule has 14 heavy (non-hydrogen) atoms. The minimum Gasteiger partial charge on any atom is -0.457 e. The fourth-order valence-electron chi connectivity index (χ4n) is 1.37. The summed E-state index contributed by atoms with van der Waals surface area (Å²) in [6.07, 6.45) is 4.87. The number of hydrogen-bond donors (Lipinski definition) is 1. The van der Waals surface area contributed by atoms with Gasteiger partial charge in [-0.25, -0.2) is 4.79 Å². The Bertz CT molecular complexity index is 230. The van der Waals surface area contributed by atoms with Gasteiger partial charge in [0.1, 0.15) is 5.60 Å². The smallest absolute Gasteiger partial charge is 0.333 e. The highest BCUT2D eigenvalue weighted by atomic mass is 16.6. The Morgan fingerprint density at radius 1 is 1.43 bits per heavy atom. The topological polar surface area (TPSA) is 38.3 Å². The van der Waals surface area contributed by atoms with Crippen LogP contribution in [0.25, 0.3) is 0 Å². The van der Waals surface area contributed by atoms with Crippen LogP contribution in [0.4, 0.5) is 0 Å². The van der Waals surface area contributed by atoms with Crippen LogP contribution < -0.4 is 5.32 Å². The molecule has 1 heterocycles. The van der Waals surface area contributed by atoms with E-state index in [4.69, 9.17) is 4.74 Å². The maximum atomic E-state index is 11.4. The molecule has 1 fully saturated rings. The Labute approximate surface area is 85.5 Å². The second-order valence-corrected chi connectivity index (χ2v) is 4.59. The monoisotopic (exact) mass is 197 g/mol. The van der Waals surface area contributed by atoms with Crippen molar-refractivity contribution in [2.75, 3.05) is 6.54 Å². The van der Waals surface area contributed by atoms with Crippen LogP contribution >= 0.6 is 0 Å². The molecule has 0 spiro atoms.